The first kappa shape index (κ1) is 22.0. The van der Waals surface area contributed by atoms with Crippen LogP contribution in [0.1, 0.15) is 17.1 Å². The number of carbonyl (C=O) groups excluding carboxylic acids is 1. The van der Waals surface area contributed by atoms with Gasteiger partial charge in [-0.05, 0) is 42.8 Å². The summed E-state index contributed by atoms with van der Waals surface area (Å²) < 4.78 is 13.4. The number of rotatable bonds is 8. The van der Waals surface area contributed by atoms with Crippen molar-refractivity contribution in [1.82, 2.24) is 15.0 Å². The largest absolute Gasteiger partial charge is 0.484 e. The van der Waals surface area contributed by atoms with Crippen molar-refractivity contribution in [2.45, 2.75) is 18.7 Å². The Labute approximate surface area is 194 Å². The lowest BCUT2D eigenvalue weighted by Gasteiger charge is -2.09. The van der Waals surface area contributed by atoms with Crippen molar-refractivity contribution >= 4 is 46.5 Å². The highest BCUT2D eigenvalue weighted by molar-refractivity contribution is 7.99. The number of hydrogen-bond acceptors (Lipinski definition) is 6. The fourth-order valence-electron chi connectivity index (χ4n) is 3.07. The molecule has 0 saturated carbocycles. The number of aromatic nitrogens is 2. The number of aryl methyl sites for hydroxylation is 2. The monoisotopic (exact) mass is 468 g/mol. The van der Waals surface area contributed by atoms with Gasteiger partial charge in [0.15, 0.2) is 5.16 Å². The molecule has 0 bridgehead atoms. The van der Waals surface area contributed by atoms with Gasteiger partial charge in [0.25, 0.3) is 5.91 Å². The topological polar surface area (TPSA) is 81.6 Å². The molecule has 0 fully saturated rings. The van der Waals surface area contributed by atoms with Gasteiger partial charge in [0, 0.05) is 7.05 Å². The number of para-hydroxylation sites is 3. The molecule has 0 unspecified atom stereocenters. The molecule has 0 aliphatic carbocycles. The van der Waals surface area contributed by atoms with Gasteiger partial charge in [0.1, 0.15) is 23.9 Å². The number of hydrazone groups is 1. The number of nitrogens with zero attached hydrogens (tertiary/aromatic N) is 3. The van der Waals surface area contributed by atoms with Crippen LogP contribution in [0.15, 0.2) is 69.3 Å². The predicted octanol–water partition coefficient (Wildman–Crippen LogP) is 4.95. The highest BCUT2D eigenvalue weighted by Crippen LogP contribution is 2.28. The van der Waals surface area contributed by atoms with E-state index in [9.17, 15) is 4.79 Å². The summed E-state index contributed by atoms with van der Waals surface area (Å²) in [5.74, 6) is 1.72. The van der Waals surface area contributed by atoms with Crippen LogP contribution in [-0.2, 0) is 18.4 Å². The van der Waals surface area contributed by atoms with Gasteiger partial charge in [-0.3, -0.25) is 4.79 Å². The van der Waals surface area contributed by atoms with E-state index in [0.717, 1.165) is 21.8 Å². The molecule has 7 nitrogen and oxygen atoms in total. The maximum Gasteiger partial charge on any atom is 0.250 e. The van der Waals surface area contributed by atoms with Gasteiger partial charge < -0.3 is 13.7 Å². The second kappa shape index (κ2) is 9.93. The average Bonchev–Trinajstić information content (AvgIpc) is 3.36. The van der Waals surface area contributed by atoms with Crippen molar-refractivity contribution < 1.29 is 13.9 Å². The van der Waals surface area contributed by atoms with E-state index in [2.05, 4.69) is 15.5 Å². The van der Waals surface area contributed by atoms with E-state index in [0.29, 0.717) is 22.3 Å². The minimum atomic E-state index is -0.234. The molecule has 0 aliphatic heterocycles. The van der Waals surface area contributed by atoms with E-state index in [1.165, 1.54) is 18.0 Å². The van der Waals surface area contributed by atoms with E-state index < -0.39 is 0 Å². The molecular formula is C23H21ClN4O3S. The van der Waals surface area contributed by atoms with Crippen LogP contribution in [0.25, 0.3) is 11.0 Å². The number of fused-ring (bicyclic) bond motifs is 1. The van der Waals surface area contributed by atoms with E-state index >= 15 is 0 Å². The molecule has 0 aliphatic rings. The molecule has 1 N–H and O–H groups in total. The van der Waals surface area contributed by atoms with Crippen molar-refractivity contribution in [3.8, 4) is 5.75 Å². The predicted molar refractivity (Wildman–Crippen MR) is 126 cm³/mol. The number of benzene rings is 2. The normalized spacial score (nSPS) is 11.3. The van der Waals surface area contributed by atoms with Crippen LogP contribution in [0.5, 0.6) is 5.75 Å². The lowest BCUT2D eigenvalue weighted by Crippen LogP contribution is -2.19. The number of thioether (sulfide) groups is 1. The highest BCUT2D eigenvalue weighted by Gasteiger charge is 2.10. The Balaban J connectivity index is 1.26. The average molecular weight is 469 g/mol. The van der Waals surface area contributed by atoms with Gasteiger partial charge >= 0.3 is 0 Å². The SMILES string of the molecule is Cc1cccc(Cl)c1OCc1ccc(/C=N/NC(=O)CSc2nc3ccccc3n2C)o1. The Morgan fingerprint density at radius 3 is 2.91 bits per heavy atom. The zero-order chi connectivity index (χ0) is 22.5. The number of amides is 1. The van der Waals surface area contributed by atoms with Gasteiger partial charge in [-0.15, -0.1) is 0 Å². The zero-order valence-corrected chi connectivity index (χ0v) is 19.1. The van der Waals surface area contributed by atoms with Crippen LogP contribution >= 0.6 is 23.4 Å². The third kappa shape index (κ3) is 5.15. The quantitative estimate of drug-likeness (QED) is 0.225. The zero-order valence-electron chi connectivity index (χ0n) is 17.5. The van der Waals surface area contributed by atoms with E-state index in [4.69, 9.17) is 20.8 Å². The number of carbonyl (C=O) groups is 1. The highest BCUT2D eigenvalue weighted by atomic mass is 35.5. The summed E-state index contributed by atoms with van der Waals surface area (Å²) in [7, 11) is 1.93. The number of hydrogen-bond donors (Lipinski definition) is 1. The molecule has 0 atom stereocenters. The van der Waals surface area contributed by atoms with E-state index in [-0.39, 0.29) is 18.3 Å². The number of imidazole rings is 1. The molecule has 2 heterocycles. The maximum atomic E-state index is 12.1. The lowest BCUT2D eigenvalue weighted by atomic mass is 10.2. The summed E-state index contributed by atoms with van der Waals surface area (Å²) in [6.45, 7) is 2.16. The Hall–Kier alpha value is -3.23. The van der Waals surface area contributed by atoms with Crippen LogP contribution in [0.4, 0.5) is 0 Å². The molecule has 0 radical (unpaired) electrons. The van der Waals surface area contributed by atoms with E-state index in [1.54, 1.807) is 18.2 Å². The summed E-state index contributed by atoms with van der Waals surface area (Å²) in [5, 5.41) is 5.28. The first-order valence-electron chi connectivity index (χ1n) is 9.84. The van der Waals surface area contributed by atoms with Crippen LogP contribution < -0.4 is 10.2 Å². The van der Waals surface area contributed by atoms with Crippen molar-refractivity contribution in [1.29, 1.82) is 0 Å². The van der Waals surface area contributed by atoms with Gasteiger partial charge in [-0.2, -0.15) is 5.10 Å². The van der Waals surface area contributed by atoms with Gasteiger partial charge in [0.05, 0.1) is 28.0 Å². The van der Waals surface area contributed by atoms with Crippen LogP contribution in [0, 0.1) is 6.92 Å². The molecule has 1 amide bonds. The summed E-state index contributed by atoms with van der Waals surface area (Å²) >= 11 is 7.52. The summed E-state index contributed by atoms with van der Waals surface area (Å²) in [6, 6.07) is 17.0. The Bertz CT molecular complexity index is 1260. The molecule has 2 aromatic carbocycles. The maximum absolute atomic E-state index is 12.1. The van der Waals surface area contributed by atoms with Gasteiger partial charge in [-0.1, -0.05) is 47.6 Å². The smallest absolute Gasteiger partial charge is 0.250 e. The molecule has 0 spiro atoms. The number of furan rings is 1. The third-order valence-corrected chi connectivity index (χ3v) is 5.99. The molecule has 4 rings (SSSR count). The number of nitrogens with one attached hydrogen (secondary N) is 1. The standard InChI is InChI=1S/C23H21ClN4O3S/c1-15-6-5-7-18(24)22(15)30-13-17-11-10-16(31-17)12-25-27-21(29)14-32-23-26-19-8-3-4-9-20(19)28(23)2/h3-12H,13-14H2,1-2H3,(H,27,29)/b25-12+. The van der Waals surface area contributed by atoms with Crippen molar-refractivity contribution in [2.75, 3.05) is 5.75 Å². The summed E-state index contributed by atoms with van der Waals surface area (Å²) in [4.78, 5) is 16.7. The first-order chi connectivity index (χ1) is 15.5. The molecule has 4 aromatic rings. The molecular weight excluding hydrogens is 448 g/mol. The van der Waals surface area contributed by atoms with Crippen LogP contribution in [0.2, 0.25) is 5.02 Å². The van der Waals surface area contributed by atoms with Crippen molar-refractivity contribution in [2.24, 2.45) is 12.1 Å². The van der Waals surface area contributed by atoms with Gasteiger partial charge in [-0.25, -0.2) is 10.4 Å². The molecule has 9 heteroatoms. The molecule has 0 saturated heterocycles. The Morgan fingerprint density at radius 2 is 2.09 bits per heavy atom. The fourth-order valence-corrected chi connectivity index (χ4v) is 4.12. The molecule has 164 valence electrons. The fraction of sp³-hybridized carbons (Fsp3) is 0.174. The van der Waals surface area contributed by atoms with Crippen LogP contribution in [-0.4, -0.2) is 27.4 Å². The van der Waals surface area contributed by atoms with Crippen molar-refractivity contribution in [3.05, 3.63) is 76.7 Å². The van der Waals surface area contributed by atoms with Gasteiger partial charge in [0.2, 0.25) is 0 Å². The number of ether oxygens (including phenoxy) is 1. The van der Waals surface area contributed by atoms with Crippen molar-refractivity contribution in [3.63, 3.8) is 0 Å². The van der Waals surface area contributed by atoms with E-state index in [1.807, 2.05) is 54.9 Å². The first-order valence-corrected chi connectivity index (χ1v) is 11.2. The molecule has 2 aromatic heterocycles. The third-order valence-electron chi connectivity index (χ3n) is 4.66. The second-order valence-electron chi connectivity index (χ2n) is 7.00. The Kier molecular flexibility index (Phi) is 6.82. The molecule has 32 heavy (non-hydrogen) atoms. The minimum Gasteiger partial charge on any atom is -0.484 e. The minimum absolute atomic E-state index is 0.197. The summed E-state index contributed by atoms with van der Waals surface area (Å²) in [6.07, 6.45) is 1.45. The lowest BCUT2D eigenvalue weighted by molar-refractivity contribution is -0.118. The Morgan fingerprint density at radius 1 is 1.25 bits per heavy atom. The van der Waals surface area contributed by atoms with Crippen LogP contribution in [0.3, 0.4) is 0 Å². The summed E-state index contributed by atoms with van der Waals surface area (Å²) in [5.41, 5.74) is 5.37. The number of halogens is 1. The second-order valence-corrected chi connectivity index (χ2v) is 8.35.